The van der Waals surface area contributed by atoms with Crippen molar-refractivity contribution in [2.75, 3.05) is 6.54 Å². The number of alkyl halides is 3. The van der Waals surface area contributed by atoms with Gasteiger partial charge in [0.2, 0.25) is 5.78 Å². The standard InChI is InChI=1S/C56H63ClF3NO6/c1-34(2)42-20-16-36(4)28-51(42)67-53(64)61(32-39-13-8-12-38-11-6-7-14-43(38)39)33-55(65)27-25-47-44-21-17-37(29-41(62)19-15-35(3)10-9-26-54(47,55)5)30-45(44)52(63)50-24-23-49(66-50)46-31-40(56(58,59)60)18-22-48(46)57/h6-8,10-14,17-18,21-24,30-31,34,36,41-42,47,51,62,65H,9,15-16,19-20,25-29,32-33H2,1-5H3/t36-,41-,42+,47-,51-,54-,55+/m0/s1. The van der Waals surface area contributed by atoms with Crippen molar-refractivity contribution in [1.29, 1.82) is 0 Å². The molecular weight excluding hydrogens is 875 g/mol. The van der Waals surface area contributed by atoms with E-state index >= 15 is 0 Å². The van der Waals surface area contributed by atoms with E-state index < -0.39 is 40.7 Å². The number of halogens is 4. The number of ketones is 1. The van der Waals surface area contributed by atoms with Gasteiger partial charge in [0.25, 0.3) is 0 Å². The molecule has 7 atom stereocenters. The molecule has 4 aliphatic rings. The molecule has 4 aromatic carbocycles. The normalized spacial score (nSPS) is 26.0. The second-order valence-corrected chi connectivity index (χ2v) is 20.8. The first-order valence-electron chi connectivity index (χ1n) is 24.0. The van der Waals surface area contributed by atoms with Gasteiger partial charge in [0.15, 0.2) is 5.76 Å². The average Bonchev–Trinajstić information content (AvgIpc) is 3.87. The van der Waals surface area contributed by atoms with Crippen molar-refractivity contribution < 1.29 is 42.1 Å². The summed E-state index contributed by atoms with van der Waals surface area (Å²) in [6.45, 7) is 10.9. The number of fused-ring (bicyclic) bond motifs is 9. The van der Waals surface area contributed by atoms with Crippen LogP contribution in [0.5, 0.6) is 0 Å². The molecule has 0 aliphatic heterocycles. The molecule has 1 aromatic heterocycles. The van der Waals surface area contributed by atoms with Crippen molar-refractivity contribution in [3.63, 3.8) is 0 Å². The topological polar surface area (TPSA) is 100 Å². The number of aliphatic hydroxyl groups is 2. The van der Waals surface area contributed by atoms with Crippen LogP contribution < -0.4 is 0 Å². The van der Waals surface area contributed by atoms with Crippen LogP contribution in [0, 0.1) is 23.2 Å². The molecule has 0 saturated heterocycles. The summed E-state index contributed by atoms with van der Waals surface area (Å²) in [6.07, 6.45) is 2.47. The Morgan fingerprint density at radius 3 is 2.51 bits per heavy atom. The molecule has 7 nitrogen and oxygen atoms in total. The molecule has 0 radical (unpaired) electrons. The zero-order valence-electron chi connectivity index (χ0n) is 39.2. The zero-order chi connectivity index (χ0) is 47.8. The summed E-state index contributed by atoms with van der Waals surface area (Å²) in [4.78, 5) is 31.5. The van der Waals surface area contributed by atoms with Gasteiger partial charge in [-0.15, -0.1) is 0 Å². The minimum absolute atomic E-state index is 0.00295. The molecule has 2 fully saturated rings. The maximum atomic E-state index is 14.9. The molecule has 0 spiro atoms. The quantitative estimate of drug-likeness (QED) is 0.113. The number of ether oxygens (including phenoxy) is 1. The van der Waals surface area contributed by atoms with E-state index in [9.17, 15) is 33.0 Å². The van der Waals surface area contributed by atoms with E-state index in [1.165, 1.54) is 12.1 Å². The first-order chi connectivity index (χ1) is 31.8. The molecule has 0 unspecified atom stereocenters. The van der Waals surface area contributed by atoms with Gasteiger partial charge in [-0.2, -0.15) is 13.2 Å². The van der Waals surface area contributed by atoms with Crippen LogP contribution in [0.1, 0.15) is 137 Å². The Hall–Kier alpha value is -4.90. The van der Waals surface area contributed by atoms with Crippen LogP contribution in [0.15, 0.2) is 107 Å². The Morgan fingerprint density at radius 1 is 0.955 bits per heavy atom. The van der Waals surface area contributed by atoms with Crippen molar-refractivity contribution in [2.24, 2.45) is 23.2 Å². The molecule has 2 saturated carbocycles. The Bertz CT molecular complexity index is 2630. The highest BCUT2D eigenvalue weighted by atomic mass is 35.5. The number of nitrogens with zero attached hydrogens (tertiary/aromatic N) is 1. The Kier molecular flexibility index (Phi) is 14.2. The number of benzene rings is 4. The van der Waals surface area contributed by atoms with E-state index in [4.69, 9.17) is 20.8 Å². The maximum Gasteiger partial charge on any atom is 0.416 e. The van der Waals surface area contributed by atoms with Gasteiger partial charge in [0.1, 0.15) is 11.9 Å². The Labute approximate surface area is 397 Å². The number of hydrogen-bond donors (Lipinski definition) is 2. The first kappa shape index (κ1) is 48.6. The number of carbonyl (C=O) groups excluding carboxylic acids is 2. The Balaban J connectivity index is 1.19. The lowest BCUT2D eigenvalue weighted by molar-refractivity contribution is -0.137. The number of rotatable bonds is 9. The van der Waals surface area contributed by atoms with Crippen LogP contribution >= 0.6 is 11.6 Å². The summed E-state index contributed by atoms with van der Waals surface area (Å²) in [5, 5.41) is 26.7. The van der Waals surface area contributed by atoms with E-state index in [2.05, 4.69) is 46.8 Å². The molecular formula is C56H63ClF3NO6. The molecule has 67 heavy (non-hydrogen) atoms. The Morgan fingerprint density at radius 2 is 1.73 bits per heavy atom. The van der Waals surface area contributed by atoms with Crippen LogP contribution in [0.3, 0.4) is 0 Å². The summed E-state index contributed by atoms with van der Waals surface area (Å²) in [7, 11) is 0. The molecule has 11 heteroatoms. The smallest absolute Gasteiger partial charge is 0.416 e. The van der Waals surface area contributed by atoms with Gasteiger partial charge in [-0.25, -0.2) is 4.79 Å². The van der Waals surface area contributed by atoms with Crippen molar-refractivity contribution in [3.8, 4) is 11.3 Å². The molecule has 356 valence electrons. The molecule has 4 aliphatic carbocycles. The highest BCUT2D eigenvalue weighted by Crippen LogP contribution is 2.59. The third-order valence-corrected chi connectivity index (χ3v) is 15.8. The molecule has 2 N–H and O–H groups in total. The lowest BCUT2D eigenvalue weighted by atomic mass is 9.64. The predicted molar refractivity (Wildman–Crippen MR) is 257 cm³/mol. The largest absolute Gasteiger partial charge is 0.453 e. The highest BCUT2D eigenvalue weighted by molar-refractivity contribution is 6.33. The molecule has 1 heterocycles. The molecule has 2 bridgehead atoms. The van der Waals surface area contributed by atoms with Gasteiger partial charge in [-0.05, 0) is 152 Å². The fourth-order valence-electron chi connectivity index (χ4n) is 11.4. The van der Waals surface area contributed by atoms with Gasteiger partial charge < -0.3 is 24.3 Å². The highest BCUT2D eigenvalue weighted by Gasteiger charge is 2.58. The third-order valence-electron chi connectivity index (χ3n) is 15.5. The van der Waals surface area contributed by atoms with Crippen molar-refractivity contribution in [3.05, 3.63) is 141 Å². The van der Waals surface area contributed by atoms with E-state index in [0.29, 0.717) is 67.9 Å². The van der Waals surface area contributed by atoms with Crippen LogP contribution in [0.25, 0.3) is 22.1 Å². The SMILES string of the molecule is CC1=CCC[C@@]2(C)[C@@H](CC[C@@]2(O)CN(Cc2cccc3ccccc23)C(=O)O[C@H]2C[C@@H](C)CC[C@@H]2C(C)C)c2ccc(cc2C(=O)c2ccc(-c3cc(C(F)(F)F)ccc3Cl)o2)C[C@@H](O)CC1. The summed E-state index contributed by atoms with van der Waals surface area (Å²) in [5.74, 6) is 0.0305. The molecule has 5 aromatic rings. The van der Waals surface area contributed by atoms with Crippen LogP contribution in [-0.4, -0.2) is 51.3 Å². The number of furan rings is 1. The molecule has 9 rings (SSSR count). The van der Waals surface area contributed by atoms with E-state index in [-0.39, 0.29) is 53.1 Å². The third kappa shape index (κ3) is 10.3. The minimum atomic E-state index is -4.62. The summed E-state index contributed by atoms with van der Waals surface area (Å²) >= 11 is 6.40. The lowest BCUT2D eigenvalue weighted by Gasteiger charge is -2.46. The number of hydrogen-bond acceptors (Lipinski definition) is 6. The van der Waals surface area contributed by atoms with E-state index in [1.54, 1.807) is 11.0 Å². The number of allylic oxidation sites excluding steroid dienone is 2. The zero-order valence-corrected chi connectivity index (χ0v) is 39.9. The monoisotopic (exact) mass is 937 g/mol. The van der Waals surface area contributed by atoms with Gasteiger partial charge in [-0.1, -0.05) is 112 Å². The van der Waals surface area contributed by atoms with Crippen molar-refractivity contribution >= 4 is 34.2 Å². The summed E-state index contributed by atoms with van der Waals surface area (Å²) < 4.78 is 53.9. The van der Waals surface area contributed by atoms with Gasteiger partial charge in [-0.3, -0.25) is 4.79 Å². The minimum Gasteiger partial charge on any atom is -0.453 e. The summed E-state index contributed by atoms with van der Waals surface area (Å²) in [5.41, 5.74) is 0.603. The van der Waals surface area contributed by atoms with Crippen LogP contribution in [0.4, 0.5) is 18.0 Å². The fourth-order valence-corrected chi connectivity index (χ4v) is 11.6. The number of carbonyl (C=O) groups is 2. The first-order valence-corrected chi connectivity index (χ1v) is 24.3. The van der Waals surface area contributed by atoms with E-state index in [1.807, 2.05) is 48.5 Å². The summed E-state index contributed by atoms with van der Waals surface area (Å²) in [6, 6.07) is 25.6. The van der Waals surface area contributed by atoms with Crippen LogP contribution in [-0.2, 0) is 23.9 Å². The van der Waals surface area contributed by atoms with E-state index in [0.717, 1.165) is 64.9 Å². The number of aliphatic hydroxyl groups excluding tert-OH is 1. The number of amides is 1. The second-order valence-electron chi connectivity index (χ2n) is 20.4. The van der Waals surface area contributed by atoms with Gasteiger partial charge in [0, 0.05) is 23.1 Å². The predicted octanol–water partition coefficient (Wildman–Crippen LogP) is 14.1. The van der Waals surface area contributed by atoms with Crippen molar-refractivity contribution in [2.45, 2.75) is 135 Å². The van der Waals surface area contributed by atoms with Gasteiger partial charge >= 0.3 is 12.3 Å². The maximum absolute atomic E-state index is 14.9. The molecule has 1 amide bonds. The van der Waals surface area contributed by atoms with Gasteiger partial charge in [0.05, 0.1) is 28.8 Å². The average molecular weight is 939 g/mol. The lowest BCUT2D eigenvalue weighted by Crippen LogP contribution is -2.54. The second kappa shape index (κ2) is 19.6. The fraction of sp³-hybridized carbons (Fsp3) is 0.464. The van der Waals surface area contributed by atoms with Crippen molar-refractivity contribution in [1.82, 2.24) is 4.90 Å². The van der Waals surface area contributed by atoms with Crippen LogP contribution in [0.2, 0.25) is 5.02 Å².